The number of nitrogens with zero attached hydrogens (tertiary/aromatic N) is 5. The zero-order valence-corrected chi connectivity index (χ0v) is 19.3. The van der Waals surface area contributed by atoms with E-state index in [9.17, 15) is 24.8 Å². The first-order valence-corrected chi connectivity index (χ1v) is 10.7. The van der Waals surface area contributed by atoms with Crippen LogP contribution in [0.3, 0.4) is 0 Å². The van der Waals surface area contributed by atoms with Gasteiger partial charge in [-0.1, -0.05) is 6.07 Å². The maximum absolute atomic E-state index is 13.2. The number of benzene rings is 1. The second-order valence-electron chi connectivity index (χ2n) is 8.58. The molecule has 0 saturated carbocycles. The number of hydrogen-bond donors (Lipinski definition) is 1. The van der Waals surface area contributed by atoms with Gasteiger partial charge in [0.1, 0.15) is 11.3 Å². The van der Waals surface area contributed by atoms with Crippen LogP contribution in [0.2, 0.25) is 0 Å². The van der Waals surface area contributed by atoms with Crippen LogP contribution in [-0.2, 0) is 9.59 Å². The number of likely N-dealkylation sites (N-methyl/N-ethyl adjacent to an activating group) is 1. The molecule has 1 fully saturated rings. The molecule has 2 aromatic heterocycles. The molecule has 3 heterocycles. The van der Waals surface area contributed by atoms with Crippen LogP contribution in [-0.4, -0.2) is 68.1 Å². The fourth-order valence-corrected chi connectivity index (χ4v) is 4.27. The van der Waals surface area contributed by atoms with Crippen LogP contribution in [0.15, 0.2) is 48.2 Å². The Morgan fingerprint density at radius 3 is 2.47 bits per heavy atom. The topological polar surface area (TPSA) is 121 Å². The molecule has 1 saturated heterocycles. The number of carbonyl (C=O) groups excluding carboxylic acids is 2. The van der Waals surface area contributed by atoms with Gasteiger partial charge in [-0.25, -0.2) is 4.98 Å². The number of hydrogen-bond acceptors (Lipinski definition) is 7. The number of non-ortho nitro benzene ring substituents is 1. The number of aromatic nitrogens is 2. The molecular weight excluding hydrogens is 438 g/mol. The van der Waals surface area contributed by atoms with Crippen molar-refractivity contribution in [1.29, 1.82) is 0 Å². The van der Waals surface area contributed by atoms with Crippen molar-refractivity contribution >= 4 is 28.8 Å². The zero-order valence-electron chi connectivity index (χ0n) is 19.3. The highest BCUT2D eigenvalue weighted by atomic mass is 16.6. The predicted molar refractivity (Wildman–Crippen MR) is 125 cm³/mol. The lowest BCUT2D eigenvalue weighted by atomic mass is 9.96. The van der Waals surface area contributed by atoms with Gasteiger partial charge >= 0.3 is 0 Å². The molecule has 0 unspecified atom stereocenters. The number of amides is 1. The van der Waals surface area contributed by atoms with E-state index < -0.39 is 22.7 Å². The van der Waals surface area contributed by atoms with E-state index in [1.165, 1.54) is 29.2 Å². The van der Waals surface area contributed by atoms with Crippen molar-refractivity contribution in [2.75, 3.05) is 27.2 Å². The summed E-state index contributed by atoms with van der Waals surface area (Å²) in [6.45, 7) is 4.35. The Hall–Kier alpha value is -4.05. The van der Waals surface area contributed by atoms with Gasteiger partial charge < -0.3 is 14.9 Å². The number of fused-ring (bicyclic) bond motifs is 1. The largest absolute Gasteiger partial charge is 0.505 e. The highest BCUT2D eigenvalue weighted by molar-refractivity contribution is 6.46. The molecule has 10 nitrogen and oxygen atoms in total. The van der Waals surface area contributed by atoms with E-state index in [1.807, 2.05) is 38.1 Å². The number of pyridine rings is 1. The zero-order chi connectivity index (χ0) is 24.7. The second kappa shape index (κ2) is 8.71. The summed E-state index contributed by atoms with van der Waals surface area (Å²) in [5, 5.41) is 22.6. The minimum Gasteiger partial charge on any atom is -0.505 e. The third-order valence-corrected chi connectivity index (χ3v) is 5.99. The number of likely N-dealkylation sites (tertiary alicyclic amines) is 1. The van der Waals surface area contributed by atoms with Gasteiger partial charge in [0, 0.05) is 31.4 Å². The quantitative estimate of drug-likeness (QED) is 0.196. The van der Waals surface area contributed by atoms with Crippen LogP contribution in [0.25, 0.3) is 11.4 Å². The number of aryl methyl sites for hydroxylation is 2. The summed E-state index contributed by atoms with van der Waals surface area (Å²) in [5.74, 6) is -1.86. The smallest absolute Gasteiger partial charge is 0.295 e. The highest BCUT2D eigenvalue weighted by Gasteiger charge is 2.46. The molecule has 34 heavy (non-hydrogen) atoms. The monoisotopic (exact) mass is 463 g/mol. The summed E-state index contributed by atoms with van der Waals surface area (Å²) in [6.07, 6.45) is 1.74. The molecule has 1 aliphatic rings. The highest BCUT2D eigenvalue weighted by Crippen LogP contribution is 2.40. The standard InChI is InChI=1S/C24H25N5O5/c1-14-6-5-11-27-19(15(2)25-23(14)27)21(30)18-20(16-7-9-17(10-8-16)29(33)34)28(13-12-26(3)4)24(32)22(18)31/h5-11,20,30H,12-13H2,1-4H3/t20-/m1/s1. The molecular formula is C24H25N5O5. The Balaban J connectivity index is 1.93. The Kier molecular flexibility index (Phi) is 5.92. The molecule has 0 spiro atoms. The van der Waals surface area contributed by atoms with E-state index in [-0.39, 0.29) is 23.6 Å². The van der Waals surface area contributed by atoms with Crippen LogP contribution in [0.4, 0.5) is 5.69 Å². The molecule has 3 aromatic rings. The Bertz CT molecular complexity index is 1340. The number of nitro benzene ring substituents is 1. The molecule has 1 N–H and O–H groups in total. The van der Waals surface area contributed by atoms with Crippen LogP contribution < -0.4 is 0 Å². The fourth-order valence-electron chi connectivity index (χ4n) is 4.27. The first kappa shape index (κ1) is 23.1. The van der Waals surface area contributed by atoms with Gasteiger partial charge in [0.05, 0.1) is 22.2 Å². The first-order valence-electron chi connectivity index (χ1n) is 10.7. The molecule has 1 amide bonds. The Labute approximate surface area is 195 Å². The van der Waals surface area contributed by atoms with Gasteiger partial charge in [0.2, 0.25) is 0 Å². The summed E-state index contributed by atoms with van der Waals surface area (Å²) in [6, 6.07) is 8.48. The molecule has 0 radical (unpaired) electrons. The number of rotatable bonds is 6. The van der Waals surface area contributed by atoms with Crippen LogP contribution in [0.1, 0.15) is 28.6 Å². The summed E-state index contributed by atoms with van der Waals surface area (Å²) >= 11 is 0. The van der Waals surface area contributed by atoms with Crippen molar-refractivity contribution in [2.24, 2.45) is 0 Å². The van der Waals surface area contributed by atoms with E-state index in [0.717, 1.165) is 5.56 Å². The Morgan fingerprint density at radius 2 is 1.85 bits per heavy atom. The molecule has 10 heteroatoms. The van der Waals surface area contributed by atoms with Gasteiger partial charge in [-0.2, -0.15) is 0 Å². The van der Waals surface area contributed by atoms with Crippen molar-refractivity contribution in [1.82, 2.24) is 19.2 Å². The SMILES string of the molecule is Cc1nc2c(C)cccn2c1C(O)=C1C(=O)C(=O)N(CCN(C)C)[C@@H]1c1ccc([N+](=O)[O-])cc1. The van der Waals surface area contributed by atoms with E-state index in [0.29, 0.717) is 29.1 Å². The van der Waals surface area contributed by atoms with Crippen molar-refractivity contribution in [3.63, 3.8) is 0 Å². The fraction of sp³-hybridized carbons (Fsp3) is 0.292. The molecule has 0 aliphatic carbocycles. The van der Waals surface area contributed by atoms with E-state index in [4.69, 9.17) is 0 Å². The predicted octanol–water partition coefficient (Wildman–Crippen LogP) is 2.84. The van der Waals surface area contributed by atoms with Gasteiger partial charge in [-0.15, -0.1) is 0 Å². The lowest BCUT2D eigenvalue weighted by Gasteiger charge is -2.26. The molecule has 1 aliphatic heterocycles. The molecule has 1 aromatic carbocycles. The van der Waals surface area contributed by atoms with Crippen molar-refractivity contribution in [2.45, 2.75) is 19.9 Å². The first-order chi connectivity index (χ1) is 16.1. The minimum absolute atomic E-state index is 0.0657. The number of Topliss-reactive ketones (excluding diaryl/α,β-unsaturated/α-hetero) is 1. The summed E-state index contributed by atoms with van der Waals surface area (Å²) in [4.78, 5) is 44.7. The number of nitro groups is 1. The number of aliphatic hydroxyl groups is 1. The van der Waals surface area contributed by atoms with Crippen molar-refractivity contribution in [3.8, 4) is 0 Å². The third-order valence-electron chi connectivity index (χ3n) is 5.99. The average molecular weight is 463 g/mol. The lowest BCUT2D eigenvalue weighted by molar-refractivity contribution is -0.384. The number of aliphatic hydroxyl groups excluding tert-OH is 1. The van der Waals surface area contributed by atoms with Crippen molar-refractivity contribution in [3.05, 3.63) is 80.8 Å². The number of carbonyl (C=O) groups is 2. The van der Waals surface area contributed by atoms with E-state index >= 15 is 0 Å². The minimum atomic E-state index is -0.893. The van der Waals surface area contributed by atoms with Gasteiger partial charge in [-0.05, 0) is 57.3 Å². The lowest BCUT2D eigenvalue weighted by Crippen LogP contribution is -2.35. The molecule has 4 rings (SSSR count). The van der Waals surface area contributed by atoms with Crippen LogP contribution in [0, 0.1) is 24.0 Å². The molecule has 1 atom stereocenters. The average Bonchev–Trinajstić information content (AvgIpc) is 3.26. The molecule has 0 bridgehead atoms. The Morgan fingerprint density at radius 1 is 1.18 bits per heavy atom. The van der Waals surface area contributed by atoms with Crippen LogP contribution >= 0.6 is 0 Å². The van der Waals surface area contributed by atoms with Crippen molar-refractivity contribution < 1.29 is 19.6 Å². The van der Waals surface area contributed by atoms with E-state index in [1.54, 1.807) is 17.5 Å². The number of ketones is 1. The number of imidazole rings is 1. The molecule has 176 valence electrons. The summed E-state index contributed by atoms with van der Waals surface area (Å²) in [5.41, 5.74) is 2.68. The maximum atomic E-state index is 13.2. The van der Waals surface area contributed by atoms with E-state index in [2.05, 4.69) is 4.98 Å². The second-order valence-corrected chi connectivity index (χ2v) is 8.58. The van der Waals surface area contributed by atoms with Crippen LogP contribution in [0.5, 0.6) is 0 Å². The maximum Gasteiger partial charge on any atom is 0.295 e. The van der Waals surface area contributed by atoms with Gasteiger partial charge in [0.15, 0.2) is 5.76 Å². The third kappa shape index (κ3) is 3.81. The van der Waals surface area contributed by atoms with Gasteiger partial charge in [-0.3, -0.25) is 24.1 Å². The summed E-state index contributed by atoms with van der Waals surface area (Å²) in [7, 11) is 3.70. The normalized spacial score (nSPS) is 17.8. The van der Waals surface area contributed by atoms with Gasteiger partial charge in [0.25, 0.3) is 17.4 Å². The summed E-state index contributed by atoms with van der Waals surface area (Å²) < 4.78 is 1.69.